The standard InChI is InChI=1S/C14H11ClFN5/c1-8-4-10(15)2-3-13(8)21-14(18-19-20-21)9-5-11(16)7-12(17)6-9/h2-7H,17H2,1H3. The van der Waals surface area contributed by atoms with Gasteiger partial charge in [0, 0.05) is 16.3 Å². The van der Waals surface area contributed by atoms with Crippen LogP contribution in [0.5, 0.6) is 0 Å². The Labute approximate surface area is 125 Å². The van der Waals surface area contributed by atoms with E-state index in [0.717, 1.165) is 11.3 Å². The number of hydrogen-bond acceptors (Lipinski definition) is 4. The number of hydrogen-bond donors (Lipinski definition) is 1. The molecule has 0 atom stereocenters. The number of nitrogens with zero attached hydrogens (tertiary/aromatic N) is 4. The van der Waals surface area contributed by atoms with Gasteiger partial charge in [0.1, 0.15) is 5.82 Å². The summed E-state index contributed by atoms with van der Waals surface area (Å²) in [5, 5.41) is 12.2. The third kappa shape index (κ3) is 2.57. The topological polar surface area (TPSA) is 69.6 Å². The number of halogens is 2. The molecule has 7 heteroatoms. The lowest BCUT2D eigenvalue weighted by molar-refractivity contribution is 0.628. The molecular formula is C14H11ClFN5. The molecule has 0 fully saturated rings. The van der Waals surface area contributed by atoms with E-state index in [0.29, 0.717) is 22.1 Å². The lowest BCUT2D eigenvalue weighted by atomic mass is 10.1. The van der Waals surface area contributed by atoms with Crippen molar-refractivity contribution in [3.8, 4) is 17.1 Å². The van der Waals surface area contributed by atoms with E-state index in [2.05, 4.69) is 15.5 Å². The first-order valence-corrected chi connectivity index (χ1v) is 6.54. The zero-order chi connectivity index (χ0) is 15.0. The minimum Gasteiger partial charge on any atom is -0.399 e. The summed E-state index contributed by atoms with van der Waals surface area (Å²) in [6, 6.07) is 9.56. The quantitative estimate of drug-likeness (QED) is 0.739. The Bertz CT molecular complexity index is 795. The minimum atomic E-state index is -0.438. The van der Waals surface area contributed by atoms with Gasteiger partial charge in [-0.25, -0.2) is 4.39 Å². The summed E-state index contributed by atoms with van der Waals surface area (Å²) in [7, 11) is 0. The Morgan fingerprint density at radius 1 is 1.19 bits per heavy atom. The molecule has 1 heterocycles. The summed E-state index contributed by atoms with van der Waals surface area (Å²) in [6.07, 6.45) is 0. The molecule has 0 bridgehead atoms. The smallest absolute Gasteiger partial charge is 0.187 e. The molecular weight excluding hydrogens is 293 g/mol. The van der Waals surface area contributed by atoms with Gasteiger partial charge in [0.25, 0.3) is 0 Å². The molecule has 0 aliphatic carbocycles. The van der Waals surface area contributed by atoms with Crippen LogP contribution in [-0.2, 0) is 0 Å². The van der Waals surface area contributed by atoms with Crippen molar-refractivity contribution in [3.63, 3.8) is 0 Å². The summed E-state index contributed by atoms with van der Waals surface area (Å²) in [5.41, 5.74) is 8.16. The highest BCUT2D eigenvalue weighted by molar-refractivity contribution is 6.30. The van der Waals surface area contributed by atoms with Crippen LogP contribution >= 0.6 is 11.6 Å². The maximum atomic E-state index is 13.5. The molecule has 5 nitrogen and oxygen atoms in total. The van der Waals surface area contributed by atoms with Crippen molar-refractivity contribution in [3.05, 3.63) is 52.8 Å². The highest BCUT2D eigenvalue weighted by Crippen LogP contribution is 2.25. The van der Waals surface area contributed by atoms with Crippen molar-refractivity contribution in [2.45, 2.75) is 6.92 Å². The molecule has 0 amide bonds. The molecule has 0 aliphatic heterocycles. The normalized spacial score (nSPS) is 10.8. The van der Waals surface area contributed by atoms with Crippen LogP contribution in [0.15, 0.2) is 36.4 Å². The van der Waals surface area contributed by atoms with Crippen LogP contribution in [0.25, 0.3) is 17.1 Å². The lowest BCUT2D eigenvalue weighted by Crippen LogP contribution is -2.02. The van der Waals surface area contributed by atoms with Crippen molar-refractivity contribution in [1.82, 2.24) is 20.2 Å². The van der Waals surface area contributed by atoms with Gasteiger partial charge in [-0.15, -0.1) is 5.10 Å². The van der Waals surface area contributed by atoms with Crippen LogP contribution < -0.4 is 5.73 Å². The van der Waals surface area contributed by atoms with Gasteiger partial charge in [0.2, 0.25) is 0 Å². The summed E-state index contributed by atoms with van der Waals surface area (Å²) in [6.45, 7) is 1.90. The van der Waals surface area contributed by atoms with Gasteiger partial charge in [-0.3, -0.25) is 0 Å². The second-order valence-corrected chi connectivity index (χ2v) is 5.05. The van der Waals surface area contributed by atoms with Crippen LogP contribution in [0, 0.1) is 12.7 Å². The predicted octanol–water partition coefficient (Wildman–Crippen LogP) is 3.01. The average molecular weight is 304 g/mol. The second-order valence-electron chi connectivity index (χ2n) is 4.62. The Hall–Kier alpha value is -2.47. The van der Waals surface area contributed by atoms with E-state index in [4.69, 9.17) is 17.3 Å². The molecule has 0 spiro atoms. The maximum Gasteiger partial charge on any atom is 0.187 e. The first-order valence-electron chi connectivity index (χ1n) is 6.16. The predicted molar refractivity (Wildman–Crippen MR) is 78.7 cm³/mol. The molecule has 106 valence electrons. The molecule has 3 aromatic rings. The molecule has 0 aliphatic rings. The number of nitrogens with two attached hydrogens (primary N) is 1. The molecule has 0 saturated heterocycles. The monoisotopic (exact) mass is 303 g/mol. The SMILES string of the molecule is Cc1cc(Cl)ccc1-n1nnnc1-c1cc(N)cc(F)c1. The Balaban J connectivity index is 2.17. The largest absolute Gasteiger partial charge is 0.399 e. The number of tetrazole rings is 1. The fraction of sp³-hybridized carbons (Fsp3) is 0.0714. The number of anilines is 1. The van der Waals surface area contributed by atoms with E-state index in [1.165, 1.54) is 16.8 Å². The van der Waals surface area contributed by atoms with Crippen molar-refractivity contribution < 1.29 is 4.39 Å². The van der Waals surface area contributed by atoms with Crippen molar-refractivity contribution in [2.75, 3.05) is 5.73 Å². The van der Waals surface area contributed by atoms with Crippen LogP contribution in [-0.4, -0.2) is 20.2 Å². The highest BCUT2D eigenvalue weighted by atomic mass is 35.5. The van der Waals surface area contributed by atoms with Crippen LogP contribution in [0.3, 0.4) is 0 Å². The average Bonchev–Trinajstić information content (AvgIpc) is 2.86. The summed E-state index contributed by atoms with van der Waals surface area (Å²) in [5.74, 6) is -0.0287. The fourth-order valence-electron chi connectivity index (χ4n) is 2.13. The molecule has 2 aromatic carbocycles. The van der Waals surface area contributed by atoms with E-state index < -0.39 is 5.82 Å². The van der Waals surface area contributed by atoms with Gasteiger partial charge in [0.15, 0.2) is 5.82 Å². The fourth-order valence-corrected chi connectivity index (χ4v) is 2.35. The summed E-state index contributed by atoms with van der Waals surface area (Å²) in [4.78, 5) is 0. The molecule has 0 unspecified atom stereocenters. The van der Waals surface area contributed by atoms with Crippen molar-refractivity contribution in [1.29, 1.82) is 0 Å². The molecule has 0 radical (unpaired) electrons. The third-order valence-corrected chi connectivity index (χ3v) is 3.27. The second kappa shape index (κ2) is 5.14. The Morgan fingerprint density at radius 3 is 2.71 bits per heavy atom. The molecule has 21 heavy (non-hydrogen) atoms. The molecule has 0 saturated carbocycles. The number of aryl methyl sites for hydroxylation is 1. The number of benzene rings is 2. The van der Waals surface area contributed by atoms with Gasteiger partial charge < -0.3 is 5.73 Å². The van der Waals surface area contributed by atoms with Crippen LogP contribution in [0.4, 0.5) is 10.1 Å². The zero-order valence-electron chi connectivity index (χ0n) is 11.1. The highest BCUT2D eigenvalue weighted by Gasteiger charge is 2.14. The van der Waals surface area contributed by atoms with E-state index in [-0.39, 0.29) is 0 Å². The maximum absolute atomic E-state index is 13.5. The molecule has 1 aromatic heterocycles. The van der Waals surface area contributed by atoms with Crippen LogP contribution in [0.1, 0.15) is 5.56 Å². The molecule has 2 N–H and O–H groups in total. The van der Waals surface area contributed by atoms with Gasteiger partial charge in [-0.05, 0) is 59.3 Å². The van der Waals surface area contributed by atoms with E-state index in [1.54, 1.807) is 18.2 Å². The molecule has 3 rings (SSSR count). The van der Waals surface area contributed by atoms with Gasteiger partial charge >= 0.3 is 0 Å². The number of aromatic nitrogens is 4. The van der Waals surface area contributed by atoms with Gasteiger partial charge in [0.05, 0.1) is 5.69 Å². The number of rotatable bonds is 2. The first kappa shape index (κ1) is 13.5. The van der Waals surface area contributed by atoms with Gasteiger partial charge in [-0.2, -0.15) is 4.68 Å². The van der Waals surface area contributed by atoms with Gasteiger partial charge in [-0.1, -0.05) is 11.6 Å². The Morgan fingerprint density at radius 2 is 2.00 bits per heavy atom. The van der Waals surface area contributed by atoms with E-state index in [1.807, 2.05) is 13.0 Å². The number of nitrogen functional groups attached to an aromatic ring is 1. The van der Waals surface area contributed by atoms with E-state index >= 15 is 0 Å². The lowest BCUT2D eigenvalue weighted by Gasteiger charge is -2.08. The van der Waals surface area contributed by atoms with Crippen molar-refractivity contribution >= 4 is 17.3 Å². The summed E-state index contributed by atoms with van der Waals surface area (Å²) < 4.78 is 15.0. The van der Waals surface area contributed by atoms with Crippen molar-refractivity contribution in [2.24, 2.45) is 0 Å². The Kier molecular flexibility index (Phi) is 3.31. The minimum absolute atomic E-state index is 0.312. The first-order chi connectivity index (χ1) is 10.0. The zero-order valence-corrected chi connectivity index (χ0v) is 11.8. The summed E-state index contributed by atoms with van der Waals surface area (Å²) >= 11 is 5.95. The third-order valence-electron chi connectivity index (χ3n) is 3.03. The van der Waals surface area contributed by atoms with E-state index in [9.17, 15) is 4.39 Å². The van der Waals surface area contributed by atoms with Crippen LogP contribution in [0.2, 0.25) is 5.02 Å².